The lowest BCUT2D eigenvalue weighted by molar-refractivity contribution is 0.666. The average molecular weight is 1060 g/mol. The van der Waals surface area contributed by atoms with E-state index in [0.29, 0.717) is 0 Å². The van der Waals surface area contributed by atoms with Crippen molar-refractivity contribution in [3.8, 4) is 66.8 Å². The maximum absolute atomic E-state index is 7.93. The Morgan fingerprint density at radius 3 is 0.687 bits per heavy atom. The molecule has 0 radical (unpaired) electrons. The predicted octanol–water partition coefficient (Wildman–Crippen LogP) is 22.8. The van der Waals surface area contributed by atoms with Crippen molar-refractivity contribution >= 4 is 77.6 Å². The first-order valence-electron chi connectivity index (χ1n) is 28.4. The Bertz CT molecular complexity index is 4290. The summed E-state index contributed by atoms with van der Waals surface area (Å²) in [4.78, 5) is 4.85. The first-order valence-corrected chi connectivity index (χ1v) is 28.4. The lowest BCUT2D eigenvalue weighted by Crippen LogP contribution is -2.11. The van der Waals surface area contributed by atoms with Gasteiger partial charge in [0.05, 0.1) is 11.4 Å². The molecule has 3 nitrogen and oxygen atoms in total. The van der Waals surface area contributed by atoms with Gasteiger partial charge < -0.3 is 14.2 Å². The number of anilines is 6. The monoisotopic (exact) mass is 1060 g/mol. The van der Waals surface area contributed by atoms with Gasteiger partial charge in [0.25, 0.3) is 0 Å². The molecule has 0 aliphatic heterocycles. The van der Waals surface area contributed by atoms with Crippen molar-refractivity contribution in [2.75, 3.05) is 9.80 Å². The van der Waals surface area contributed by atoms with Crippen molar-refractivity contribution in [3.63, 3.8) is 0 Å². The molecule has 15 aromatic rings. The van der Waals surface area contributed by atoms with Gasteiger partial charge in [-0.1, -0.05) is 267 Å². The van der Waals surface area contributed by atoms with Crippen LogP contribution in [0.25, 0.3) is 110 Å². The molecule has 15 rings (SSSR count). The molecule has 0 aliphatic rings. The van der Waals surface area contributed by atoms with Crippen LogP contribution in [0.4, 0.5) is 34.1 Å². The SMILES string of the molecule is c1ccc(-c2ccc(N(c3ccc(-c4ccccc4)cc3)c3cc(-c4ccccc4)c4oc5c(-c6ccccc6)cc(N(c6ccc(-c7ccccc7)cc6)c6ccc(-c7ccccc7)cc6)c6cccc(c7cccc3c47)c65)cc2)cc1. The van der Waals surface area contributed by atoms with Gasteiger partial charge in [0.1, 0.15) is 11.2 Å². The molecule has 0 fully saturated rings. The van der Waals surface area contributed by atoms with E-state index in [1.54, 1.807) is 0 Å². The van der Waals surface area contributed by atoms with Gasteiger partial charge in [0.15, 0.2) is 0 Å². The van der Waals surface area contributed by atoms with Crippen LogP contribution >= 0.6 is 0 Å². The summed E-state index contributed by atoms with van der Waals surface area (Å²) in [5, 5.41) is 6.43. The minimum Gasteiger partial charge on any atom is -0.455 e. The number of hydrogen-bond acceptors (Lipinski definition) is 3. The van der Waals surface area contributed by atoms with E-state index >= 15 is 0 Å². The highest BCUT2D eigenvalue weighted by molar-refractivity contribution is 6.30. The third-order valence-electron chi connectivity index (χ3n) is 16.3. The Hall–Kier alpha value is -11.0. The summed E-state index contributed by atoms with van der Waals surface area (Å²) < 4.78 is 7.93. The van der Waals surface area contributed by atoms with Crippen molar-refractivity contribution in [1.29, 1.82) is 0 Å². The third kappa shape index (κ3) is 9.07. The predicted molar refractivity (Wildman–Crippen MR) is 351 cm³/mol. The van der Waals surface area contributed by atoms with Crippen LogP contribution in [0, 0.1) is 0 Å². The molecule has 1 aromatic heterocycles. The molecule has 1 heterocycles. The van der Waals surface area contributed by atoms with Gasteiger partial charge in [-0.15, -0.1) is 0 Å². The van der Waals surface area contributed by atoms with Crippen molar-refractivity contribution < 1.29 is 4.42 Å². The maximum Gasteiger partial charge on any atom is 0.143 e. The molecule has 390 valence electrons. The molecule has 0 bridgehead atoms. The van der Waals surface area contributed by atoms with Gasteiger partial charge in [-0.25, -0.2) is 0 Å². The third-order valence-corrected chi connectivity index (χ3v) is 16.3. The Kier molecular flexibility index (Phi) is 12.6. The Balaban J connectivity index is 1.02. The summed E-state index contributed by atoms with van der Waals surface area (Å²) >= 11 is 0. The van der Waals surface area contributed by atoms with Gasteiger partial charge in [-0.05, 0) is 127 Å². The van der Waals surface area contributed by atoms with Gasteiger partial charge in [0.2, 0.25) is 0 Å². The summed E-state index contributed by atoms with van der Waals surface area (Å²) in [6.07, 6.45) is 0. The first kappa shape index (κ1) is 49.1. The summed E-state index contributed by atoms with van der Waals surface area (Å²) in [5.41, 5.74) is 21.3. The molecule has 0 amide bonds. The second-order valence-electron chi connectivity index (χ2n) is 21.2. The van der Waals surface area contributed by atoms with Gasteiger partial charge in [0, 0.05) is 55.4 Å². The van der Waals surface area contributed by atoms with E-state index in [-0.39, 0.29) is 0 Å². The molecule has 0 atom stereocenters. The van der Waals surface area contributed by atoms with E-state index in [2.05, 4.69) is 337 Å². The van der Waals surface area contributed by atoms with Gasteiger partial charge >= 0.3 is 0 Å². The van der Waals surface area contributed by atoms with Crippen LogP contribution in [0.5, 0.6) is 0 Å². The second kappa shape index (κ2) is 21.2. The van der Waals surface area contributed by atoms with E-state index < -0.39 is 0 Å². The van der Waals surface area contributed by atoms with Crippen LogP contribution in [-0.2, 0) is 0 Å². The van der Waals surface area contributed by atoms with Gasteiger partial charge in [-0.3, -0.25) is 0 Å². The average Bonchev–Trinajstić information content (AvgIpc) is 3.74. The molecule has 0 saturated carbocycles. The highest BCUT2D eigenvalue weighted by Crippen LogP contribution is 2.52. The molecular formula is C80H54N2O. The molecule has 0 spiro atoms. The quantitative estimate of drug-likeness (QED) is 0.122. The zero-order valence-corrected chi connectivity index (χ0v) is 45.5. The molecule has 14 aromatic carbocycles. The fourth-order valence-electron chi connectivity index (χ4n) is 12.2. The lowest BCUT2D eigenvalue weighted by atomic mass is 9.92. The molecule has 3 heteroatoms. The number of nitrogens with zero attached hydrogens (tertiary/aromatic N) is 2. The highest BCUT2D eigenvalue weighted by Gasteiger charge is 2.27. The fraction of sp³-hybridized carbons (Fsp3) is 0. The van der Waals surface area contributed by atoms with Crippen LogP contribution in [0.15, 0.2) is 332 Å². The molecular weight excluding hydrogens is 1000 g/mol. The van der Waals surface area contributed by atoms with Crippen molar-refractivity contribution in [3.05, 3.63) is 328 Å². The number of benzene rings is 14. The summed E-state index contributed by atoms with van der Waals surface area (Å²) in [6, 6.07) is 118. The maximum atomic E-state index is 7.93. The Labute approximate surface area is 483 Å². The smallest absolute Gasteiger partial charge is 0.143 e. The van der Waals surface area contributed by atoms with Crippen molar-refractivity contribution in [1.82, 2.24) is 0 Å². The number of fused-ring (bicyclic) bond motifs is 1. The summed E-state index contributed by atoms with van der Waals surface area (Å²) in [7, 11) is 0. The molecule has 83 heavy (non-hydrogen) atoms. The fourth-order valence-corrected chi connectivity index (χ4v) is 12.2. The first-order chi connectivity index (χ1) is 41.2. The zero-order valence-electron chi connectivity index (χ0n) is 45.5. The van der Waals surface area contributed by atoms with Crippen LogP contribution in [0.3, 0.4) is 0 Å². The number of rotatable bonds is 12. The lowest BCUT2D eigenvalue weighted by Gasteiger charge is -2.28. The van der Waals surface area contributed by atoms with E-state index in [1.165, 1.54) is 22.3 Å². The molecule has 0 N–H and O–H groups in total. The number of hydrogen-bond donors (Lipinski definition) is 0. The standard InChI is InChI=1S/C80H54N2O/c1-7-21-55(22-8-1)59-37-45-65(46-38-59)81(66-47-39-60(40-48-66)56-23-9-2-10-24-56)75-53-73(63-29-15-5-16-30-63)79-77-69(33-19-35-71(75)77)70-34-20-36-72-76(54-74(80(83-79)78(70)72)64-31-17-6-18-32-64)82(67-49-41-61(42-50-67)57-25-11-3-12-26-57)68-51-43-62(44-52-68)58-27-13-4-14-28-58/h1-54H. The second-order valence-corrected chi connectivity index (χ2v) is 21.2. The van der Waals surface area contributed by atoms with Crippen LogP contribution in [0.1, 0.15) is 0 Å². The van der Waals surface area contributed by atoms with Crippen molar-refractivity contribution in [2.45, 2.75) is 0 Å². The van der Waals surface area contributed by atoms with Crippen LogP contribution < -0.4 is 9.80 Å². The minimum atomic E-state index is 0.816. The van der Waals surface area contributed by atoms with Crippen LogP contribution in [-0.4, -0.2) is 0 Å². The van der Waals surface area contributed by atoms with E-state index in [1.807, 2.05) is 0 Å². The largest absolute Gasteiger partial charge is 0.455 e. The summed E-state index contributed by atoms with van der Waals surface area (Å²) in [5.74, 6) is 0. The normalized spacial score (nSPS) is 11.4. The van der Waals surface area contributed by atoms with E-state index in [4.69, 9.17) is 4.42 Å². The van der Waals surface area contributed by atoms with Gasteiger partial charge in [-0.2, -0.15) is 0 Å². The minimum absolute atomic E-state index is 0.816. The van der Waals surface area contributed by atoms with E-state index in [9.17, 15) is 0 Å². The van der Waals surface area contributed by atoms with E-state index in [0.717, 1.165) is 122 Å². The topological polar surface area (TPSA) is 19.6 Å². The summed E-state index contributed by atoms with van der Waals surface area (Å²) in [6.45, 7) is 0. The highest BCUT2D eigenvalue weighted by atomic mass is 16.3. The Morgan fingerprint density at radius 2 is 0.422 bits per heavy atom. The Morgan fingerprint density at radius 1 is 0.193 bits per heavy atom. The van der Waals surface area contributed by atoms with Crippen LogP contribution in [0.2, 0.25) is 0 Å². The molecule has 0 aliphatic carbocycles. The van der Waals surface area contributed by atoms with Crippen molar-refractivity contribution in [2.24, 2.45) is 0 Å². The molecule has 0 saturated heterocycles. The molecule has 0 unspecified atom stereocenters. The zero-order chi connectivity index (χ0) is 55.1.